The molecule has 120 valence electrons. The first-order valence-corrected chi connectivity index (χ1v) is 7.71. The van der Waals surface area contributed by atoms with Gasteiger partial charge in [-0.2, -0.15) is 0 Å². The van der Waals surface area contributed by atoms with Crippen molar-refractivity contribution in [2.45, 2.75) is 59.5 Å². The minimum absolute atomic E-state index is 0.411. The third-order valence-electron chi connectivity index (χ3n) is 2.32. The number of hydrogen-bond acceptors (Lipinski definition) is 4. The second-order valence-corrected chi connectivity index (χ2v) is 3.98. The Kier molecular flexibility index (Phi) is 14.6. The molecule has 0 fully saturated rings. The monoisotopic (exact) mass is 296 g/mol. The van der Waals surface area contributed by atoms with Crippen LogP contribution in [0.1, 0.15) is 47.0 Å². The van der Waals surface area contributed by atoms with E-state index in [1.165, 1.54) is 0 Å². The smallest absolute Gasteiger partial charge is 0.222 e. The zero-order chi connectivity index (χ0) is 15.8. The summed E-state index contributed by atoms with van der Waals surface area (Å²) in [7, 11) is 0. The van der Waals surface area contributed by atoms with Crippen LogP contribution in [0.5, 0.6) is 0 Å². The molecule has 0 spiro atoms. The lowest BCUT2D eigenvalue weighted by atomic mass is 10.2. The van der Waals surface area contributed by atoms with Gasteiger partial charge in [-0.3, -0.25) is 0 Å². The number of hydrogen-bond donors (Lipinski definition) is 0. The van der Waals surface area contributed by atoms with Gasteiger partial charge in [0.1, 0.15) is 0 Å². The van der Waals surface area contributed by atoms with Gasteiger partial charge in [-0.1, -0.05) is 11.8 Å². The van der Waals surface area contributed by atoms with Crippen LogP contribution in [0.3, 0.4) is 0 Å². The molecule has 0 rings (SSSR count). The van der Waals surface area contributed by atoms with Crippen LogP contribution in [-0.2, 0) is 18.9 Å². The van der Waals surface area contributed by atoms with E-state index in [2.05, 4.69) is 23.7 Å². The maximum absolute atomic E-state index is 5.34. The SMILES string of the molecule is CCOC(C#CCCCC#CC(OCC)OCC)OCC. The normalized spacial score (nSPS) is 10.2. The fraction of sp³-hybridized carbons (Fsp3) is 0.765. The van der Waals surface area contributed by atoms with Gasteiger partial charge in [-0.15, -0.1) is 0 Å². The molecule has 0 aromatic carbocycles. The average Bonchev–Trinajstić information content (AvgIpc) is 2.47. The molecule has 0 saturated heterocycles. The van der Waals surface area contributed by atoms with E-state index >= 15 is 0 Å². The van der Waals surface area contributed by atoms with E-state index in [1.54, 1.807) is 0 Å². The van der Waals surface area contributed by atoms with Gasteiger partial charge >= 0.3 is 0 Å². The lowest BCUT2D eigenvalue weighted by molar-refractivity contribution is -0.0972. The molecule has 21 heavy (non-hydrogen) atoms. The highest BCUT2D eigenvalue weighted by molar-refractivity contribution is 5.05. The molecule has 0 unspecified atom stereocenters. The van der Waals surface area contributed by atoms with Gasteiger partial charge in [0.05, 0.1) is 0 Å². The van der Waals surface area contributed by atoms with Gasteiger partial charge in [0.25, 0.3) is 0 Å². The van der Waals surface area contributed by atoms with Crippen LogP contribution in [0.2, 0.25) is 0 Å². The Balaban J connectivity index is 3.94. The number of ether oxygens (including phenoxy) is 4. The number of unbranched alkanes of at least 4 members (excludes halogenated alkanes) is 2. The van der Waals surface area contributed by atoms with E-state index in [-0.39, 0.29) is 0 Å². The Labute approximate surface area is 129 Å². The van der Waals surface area contributed by atoms with Crippen LogP contribution >= 0.6 is 0 Å². The van der Waals surface area contributed by atoms with Gasteiger partial charge in [0, 0.05) is 39.3 Å². The largest absolute Gasteiger partial charge is 0.342 e. The van der Waals surface area contributed by atoms with Crippen molar-refractivity contribution in [1.82, 2.24) is 0 Å². The molecule has 0 aromatic heterocycles. The molecule has 0 aromatic rings. The standard InChI is InChI=1S/C17H28O4/c1-5-18-16(19-6-2)14-12-10-9-11-13-15-17(20-7-3)21-8-4/h16-17H,5-11H2,1-4H3. The minimum Gasteiger partial charge on any atom is -0.342 e. The molecule has 4 nitrogen and oxygen atoms in total. The van der Waals surface area contributed by atoms with E-state index in [9.17, 15) is 0 Å². The molecule has 0 aliphatic heterocycles. The first-order valence-electron chi connectivity index (χ1n) is 7.71. The Hall–Kier alpha value is -1.04. The van der Waals surface area contributed by atoms with E-state index in [0.29, 0.717) is 26.4 Å². The maximum atomic E-state index is 5.34. The van der Waals surface area contributed by atoms with E-state index in [1.807, 2.05) is 27.7 Å². The second kappa shape index (κ2) is 15.4. The van der Waals surface area contributed by atoms with Crippen LogP contribution in [0.4, 0.5) is 0 Å². The summed E-state index contributed by atoms with van der Waals surface area (Å²) in [5.74, 6) is 12.1. The fourth-order valence-electron chi connectivity index (χ4n) is 1.44. The highest BCUT2D eigenvalue weighted by Crippen LogP contribution is 1.97. The van der Waals surface area contributed by atoms with Crippen molar-refractivity contribution in [2.24, 2.45) is 0 Å². The van der Waals surface area contributed by atoms with Gasteiger partial charge in [0.2, 0.25) is 12.6 Å². The molecule has 0 atom stereocenters. The van der Waals surface area contributed by atoms with Crippen molar-refractivity contribution in [3.05, 3.63) is 0 Å². The van der Waals surface area contributed by atoms with Crippen molar-refractivity contribution >= 4 is 0 Å². The lowest BCUT2D eigenvalue weighted by Gasteiger charge is -2.09. The molecule has 0 bridgehead atoms. The van der Waals surface area contributed by atoms with E-state index < -0.39 is 12.6 Å². The Morgan fingerprint density at radius 3 is 1.24 bits per heavy atom. The predicted molar refractivity (Wildman–Crippen MR) is 83.5 cm³/mol. The highest BCUT2D eigenvalue weighted by atomic mass is 16.7. The Morgan fingerprint density at radius 1 is 0.619 bits per heavy atom. The number of rotatable bonds is 10. The fourth-order valence-corrected chi connectivity index (χ4v) is 1.44. The van der Waals surface area contributed by atoms with Crippen molar-refractivity contribution in [2.75, 3.05) is 26.4 Å². The topological polar surface area (TPSA) is 36.9 Å². The summed E-state index contributed by atoms with van der Waals surface area (Å²) >= 11 is 0. The maximum Gasteiger partial charge on any atom is 0.222 e. The van der Waals surface area contributed by atoms with Crippen molar-refractivity contribution in [1.29, 1.82) is 0 Å². The van der Waals surface area contributed by atoms with Crippen LogP contribution in [-0.4, -0.2) is 39.0 Å². The molecule has 0 radical (unpaired) electrons. The van der Waals surface area contributed by atoms with Crippen LogP contribution < -0.4 is 0 Å². The summed E-state index contributed by atoms with van der Waals surface area (Å²) < 4.78 is 21.4. The van der Waals surface area contributed by atoms with Crippen molar-refractivity contribution in [3.63, 3.8) is 0 Å². The van der Waals surface area contributed by atoms with Gasteiger partial charge < -0.3 is 18.9 Å². The summed E-state index contributed by atoms with van der Waals surface area (Å²) in [6, 6.07) is 0. The Bertz CT molecular complexity index is 299. The van der Waals surface area contributed by atoms with Crippen LogP contribution in [0.25, 0.3) is 0 Å². The molecule has 0 heterocycles. The first-order chi connectivity index (χ1) is 10.3. The molecule has 0 aliphatic rings. The highest BCUT2D eigenvalue weighted by Gasteiger charge is 2.01. The summed E-state index contributed by atoms with van der Waals surface area (Å²) in [5.41, 5.74) is 0. The summed E-state index contributed by atoms with van der Waals surface area (Å²) in [6.07, 6.45) is 1.65. The lowest BCUT2D eigenvalue weighted by Crippen LogP contribution is -2.14. The van der Waals surface area contributed by atoms with Crippen LogP contribution in [0, 0.1) is 23.7 Å². The third kappa shape index (κ3) is 12.4. The average molecular weight is 296 g/mol. The van der Waals surface area contributed by atoms with Gasteiger partial charge in [-0.25, -0.2) is 0 Å². The van der Waals surface area contributed by atoms with Crippen molar-refractivity contribution in [3.8, 4) is 23.7 Å². The summed E-state index contributed by atoms with van der Waals surface area (Å²) in [4.78, 5) is 0. The quantitative estimate of drug-likeness (QED) is 0.353. The third-order valence-corrected chi connectivity index (χ3v) is 2.32. The molecule has 0 amide bonds. The molecule has 0 aliphatic carbocycles. The van der Waals surface area contributed by atoms with Crippen LogP contribution in [0.15, 0.2) is 0 Å². The van der Waals surface area contributed by atoms with Crippen molar-refractivity contribution < 1.29 is 18.9 Å². The van der Waals surface area contributed by atoms with E-state index in [0.717, 1.165) is 19.3 Å². The van der Waals surface area contributed by atoms with Gasteiger partial charge in [-0.05, 0) is 46.0 Å². The first kappa shape index (κ1) is 20.0. The summed E-state index contributed by atoms with van der Waals surface area (Å²) in [6.45, 7) is 10.1. The molecular weight excluding hydrogens is 268 g/mol. The zero-order valence-electron chi connectivity index (χ0n) is 13.7. The molecule has 4 heteroatoms. The molecular formula is C17H28O4. The zero-order valence-corrected chi connectivity index (χ0v) is 13.7. The minimum atomic E-state index is -0.411. The molecule has 0 N–H and O–H groups in total. The van der Waals surface area contributed by atoms with E-state index in [4.69, 9.17) is 18.9 Å². The summed E-state index contributed by atoms with van der Waals surface area (Å²) in [5, 5.41) is 0. The Morgan fingerprint density at radius 2 is 0.952 bits per heavy atom. The second-order valence-electron chi connectivity index (χ2n) is 3.98. The van der Waals surface area contributed by atoms with Gasteiger partial charge in [0.15, 0.2) is 0 Å². The predicted octanol–water partition coefficient (Wildman–Crippen LogP) is 2.96. The molecule has 0 saturated carbocycles.